The molecule has 0 aliphatic heterocycles. The number of carbonyl (C=O) groups excluding carboxylic acids is 1. The van der Waals surface area contributed by atoms with Crippen LogP contribution in [0, 0.1) is 0 Å². The van der Waals surface area contributed by atoms with Gasteiger partial charge in [-0.25, -0.2) is 13.1 Å². The Hall–Kier alpha value is -1.71. The highest BCUT2D eigenvalue weighted by atomic mass is 32.2. The first kappa shape index (κ1) is 18.6. The Balaban J connectivity index is 1.65. The molecule has 1 aromatic rings. The second-order valence-electron chi connectivity index (χ2n) is 5.59. The van der Waals surface area contributed by atoms with Gasteiger partial charge in [-0.3, -0.25) is 15.6 Å². The van der Waals surface area contributed by atoms with Gasteiger partial charge in [-0.15, -0.1) is 0 Å². The van der Waals surface area contributed by atoms with Crippen molar-refractivity contribution in [3.8, 4) is 0 Å². The van der Waals surface area contributed by atoms with Crippen molar-refractivity contribution in [2.24, 2.45) is 0 Å². The maximum absolute atomic E-state index is 12.0. The summed E-state index contributed by atoms with van der Waals surface area (Å²) < 4.78 is 26.4. The fourth-order valence-corrected chi connectivity index (χ4v) is 3.73. The molecular weight excluding hydrogens is 348 g/mol. The van der Waals surface area contributed by atoms with Gasteiger partial charge in [-0.05, 0) is 37.2 Å². The molecule has 0 aromatic heterocycles. The summed E-state index contributed by atoms with van der Waals surface area (Å²) in [6.45, 7) is 0.00750. The lowest BCUT2D eigenvalue weighted by molar-refractivity contribution is -0.121. The number of hydrogen-bond donors (Lipinski definition) is 4. The van der Waals surface area contributed by atoms with E-state index in [-0.39, 0.29) is 23.8 Å². The highest BCUT2D eigenvalue weighted by molar-refractivity contribution is 7.89. The molecule has 1 fully saturated rings. The van der Waals surface area contributed by atoms with Crippen molar-refractivity contribution in [2.75, 3.05) is 6.54 Å². The van der Waals surface area contributed by atoms with Gasteiger partial charge >= 0.3 is 0 Å². The lowest BCUT2D eigenvalue weighted by Crippen LogP contribution is -2.49. The third-order valence-electron chi connectivity index (χ3n) is 3.70. The van der Waals surface area contributed by atoms with Crippen LogP contribution in [-0.4, -0.2) is 32.0 Å². The molecule has 0 unspecified atom stereocenters. The molecule has 1 amide bonds. The van der Waals surface area contributed by atoms with Gasteiger partial charge in [-0.2, -0.15) is 0 Å². The fraction of sp³-hybridized carbons (Fsp3) is 0.467. The number of hydrogen-bond acceptors (Lipinski definition) is 4. The standard InChI is InChI=1S/C15H22N4O3S2/c20-14(18-19-15(23)17-12-6-4-5-7-12)10-11-16-24(21,22)13-8-2-1-3-9-13/h1-3,8-9,12,16H,4-7,10-11H2,(H,18,20)(H2,17,19,23). The molecule has 132 valence electrons. The van der Waals surface area contributed by atoms with Crippen LogP contribution in [0.2, 0.25) is 0 Å². The smallest absolute Gasteiger partial charge is 0.240 e. The van der Waals surface area contributed by atoms with Crippen LogP contribution in [0.15, 0.2) is 35.2 Å². The number of amides is 1. The molecule has 0 heterocycles. The number of nitrogens with one attached hydrogen (secondary N) is 4. The van der Waals surface area contributed by atoms with Crippen molar-refractivity contribution in [1.29, 1.82) is 0 Å². The largest absolute Gasteiger partial charge is 0.359 e. The van der Waals surface area contributed by atoms with Gasteiger partial charge in [0, 0.05) is 19.0 Å². The summed E-state index contributed by atoms with van der Waals surface area (Å²) in [5, 5.41) is 3.51. The summed E-state index contributed by atoms with van der Waals surface area (Å²) in [6, 6.07) is 8.38. The van der Waals surface area contributed by atoms with Crippen molar-refractivity contribution in [3.63, 3.8) is 0 Å². The molecule has 2 rings (SSSR count). The van der Waals surface area contributed by atoms with Gasteiger partial charge in [0.25, 0.3) is 0 Å². The van der Waals surface area contributed by atoms with Gasteiger partial charge in [0.1, 0.15) is 0 Å². The molecule has 7 nitrogen and oxygen atoms in total. The number of carbonyl (C=O) groups is 1. The van der Waals surface area contributed by atoms with Crippen LogP contribution < -0.4 is 20.9 Å². The number of hydrazine groups is 1. The third kappa shape index (κ3) is 6.06. The normalized spacial score (nSPS) is 15.0. The molecular formula is C15H22N4O3S2. The number of benzene rings is 1. The van der Waals surface area contributed by atoms with E-state index in [2.05, 4.69) is 20.9 Å². The first-order valence-electron chi connectivity index (χ1n) is 7.87. The summed E-state index contributed by atoms with van der Waals surface area (Å²) in [5.41, 5.74) is 5.09. The van der Waals surface area contributed by atoms with E-state index in [9.17, 15) is 13.2 Å². The Morgan fingerprint density at radius 3 is 2.46 bits per heavy atom. The Morgan fingerprint density at radius 2 is 1.79 bits per heavy atom. The van der Waals surface area contributed by atoms with Gasteiger partial charge in [0.15, 0.2) is 5.11 Å². The van der Waals surface area contributed by atoms with E-state index >= 15 is 0 Å². The number of sulfonamides is 1. The van der Waals surface area contributed by atoms with Crippen LogP contribution in [0.4, 0.5) is 0 Å². The Labute approximate surface area is 147 Å². The highest BCUT2D eigenvalue weighted by Gasteiger charge is 2.16. The van der Waals surface area contributed by atoms with Crippen LogP contribution in [0.25, 0.3) is 0 Å². The van der Waals surface area contributed by atoms with Crippen molar-refractivity contribution in [3.05, 3.63) is 30.3 Å². The maximum atomic E-state index is 12.0. The molecule has 0 atom stereocenters. The predicted molar refractivity (Wildman–Crippen MR) is 95.5 cm³/mol. The summed E-state index contributed by atoms with van der Waals surface area (Å²) >= 11 is 5.10. The molecule has 1 aliphatic rings. The molecule has 0 radical (unpaired) electrons. The predicted octanol–water partition coefficient (Wildman–Crippen LogP) is 0.793. The third-order valence-corrected chi connectivity index (χ3v) is 5.40. The average molecular weight is 371 g/mol. The van der Waals surface area contributed by atoms with Gasteiger partial charge in [-0.1, -0.05) is 31.0 Å². The van der Waals surface area contributed by atoms with Crippen LogP contribution in [0.1, 0.15) is 32.1 Å². The summed E-state index contributed by atoms with van der Waals surface area (Å²) in [4.78, 5) is 11.9. The lowest BCUT2D eigenvalue weighted by Gasteiger charge is -2.16. The van der Waals surface area contributed by atoms with E-state index in [0.717, 1.165) is 12.8 Å². The molecule has 4 N–H and O–H groups in total. The van der Waals surface area contributed by atoms with E-state index in [4.69, 9.17) is 12.2 Å². The molecule has 0 bridgehead atoms. The van der Waals surface area contributed by atoms with Crippen LogP contribution in [0.5, 0.6) is 0 Å². The molecule has 9 heteroatoms. The Bertz CT molecular complexity index is 659. The zero-order valence-electron chi connectivity index (χ0n) is 13.2. The molecule has 0 spiro atoms. The quantitative estimate of drug-likeness (QED) is 0.437. The van der Waals surface area contributed by atoms with Crippen molar-refractivity contribution in [1.82, 2.24) is 20.9 Å². The van der Waals surface area contributed by atoms with Crippen molar-refractivity contribution < 1.29 is 13.2 Å². The van der Waals surface area contributed by atoms with E-state index in [0.29, 0.717) is 11.2 Å². The number of thiocarbonyl (C=S) groups is 1. The Kier molecular flexibility index (Phi) is 6.95. The van der Waals surface area contributed by atoms with Crippen molar-refractivity contribution in [2.45, 2.75) is 43.0 Å². The highest BCUT2D eigenvalue weighted by Crippen LogP contribution is 2.17. The van der Waals surface area contributed by atoms with Crippen LogP contribution in [0.3, 0.4) is 0 Å². The van der Waals surface area contributed by atoms with Gasteiger partial charge in [0.2, 0.25) is 15.9 Å². The summed E-state index contributed by atoms with van der Waals surface area (Å²) in [5.74, 6) is -0.346. The summed E-state index contributed by atoms with van der Waals surface area (Å²) in [6.07, 6.45) is 4.54. The second kappa shape index (κ2) is 8.95. The fourth-order valence-electron chi connectivity index (χ4n) is 2.46. The molecule has 1 aliphatic carbocycles. The van der Waals surface area contributed by atoms with Gasteiger partial charge in [0.05, 0.1) is 4.90 Å². The molecule has 0 saturated heterocycles. The van der Waals surface area contributed by atoms with E-state index < -0.39 is 10.0 Å². The minimum absolute atomic E-state index is 0.00506. The first-order valence-corrected chi connectivity index (χ1v) is 9.76. The molecule has 1 aromatic carbocycles. The minimum atomic E-state index is -3.59. The monoisotopic (exact) mass is 370 g/mol. The van der Waals surface area contributed by atoms with E-state index in [1.807, 2.05) is 0 Å². The SMILES string of the molecule is O=C(CCNS(=O)(=O)c1ccccc1)NNC(=S)NC1CCCC1. The lowest BCUT2D eigenvalue weighted by atomic mass is 10.3. The molecule has 1 saturated carbocycles. The van der Waals surface area contributed by atoms with E-state index in [1.54, 1.807) is 18.2 Å². The van der Waals surface area contributed by atoms with E-state index in [1.165, 1.54) is 25.0 Å². The first-order chi connectivity index (χ1) is 11.5. The maximum Gasteiger partial charge on any atom is 0.240 e. The topological polar surface area (TPSA) is 99.3 Å². The zero-order valence-corrected chi connectivity index (χ0v) is 14.9. The Morgan fingerprint density at radius 1 is 1.12 bits per heavy atom. The van der Waals surface area contributed by atoms with Gasteiger partial charge < -0.3 is 5.32 Å². The van der Waals surface area contributed by atoms with Crippen LogP contribution >= 0.6 is 12.2 Å². The molecule has 24 heavy (non-hydrogen) atoms. The van der Waals surface area contributed by atoms with Crippen molar-refractivity contribution >= 4 is 33.3 Å². The second-order valence-corrected chi connectivity index (χ2v) is 7.76. The zero-order chi connectivity index (χ0) is 17.4. The average Bonchev–Trinajstić information content (AvgIpc) is 3.06. The summed E-state index contributed by atoms with van der Waals surface area (Å²) in [7, 11) is -3.59. The minimum Gasteiger partial charge on any atom is -0.359 e. The van der Waals surface area contributed by atoms with Crippen LogP contribution in [-0.2, 0) is 14.8 Å². The number of rotatable bonds is 6.